The second-order valence-electron chi connectivity index (χ2n) is 9.31. The number of hydrogen-bond donors (Lipinski definition) is 3. The summed E-state index contributed by atoms with van der Waals surface area (Å²) in [6.07, 6.45) is 0. The predicted molar refractivity (Wildman–Crippen MR) is 168 cm³/mol. The fraction of sp³-hybridized carbons (Fsp3) is 0.933. The van der Waals surface area contributed by atoms with Crippen LogP contribution in [-0.2, 0) is 71.2 Å². The van der Waals surface area contributed by atoms with Crippen molar-refractivity contribution < 1.29 is 81.4 Å². The smallest absolute Gasteiger partial charge is 0.329 e. The summed E-state index contributed by atoms with van der Waals surface area (Å²) in [6, 6.07) is 0. The maximum Gasteiger partial charge on any atom is 0.329 e. The molecule has 48 heavy (non-hydrogen) atoms. The molecule has 18 heteroatoms. The van der Waals surface area contributed by atoms with Gasteiger partial charge in [0.15, 0.2) is 0 Å². The van der Waals surface area contributed by atoms with Crippen molar-refractivity contribution in [3.63, 3.8) is 0 Å². The number of carbonyl (C=O) groups excluding carboxylic acids is 1. The number of rotatable bonds is 42. The fourth-order valence-electron chi connectivity index (χ4n) is 3.13. The molecular weight excluding hydrogens is 646 g/mol. The van der Waals surface area contributed by atoms with Crippen molar-refractivity contribution in [3.05, 3.63) is 0 Å². The minimum atomic E-state index is -1.13. The number of carboxylic acids is 1. The number of amides is 1. The van der Waals surface area contributed by atoms with Gasteiger partial charge in [0.05, 0.1) is 165 Å². The van der Waals surface area contributed by atoms with Crippen molar-refractivity contribution in [1.82, 2.24) is 5.32 Å². The Hall–Kier alpha value is -1.62. The van der Waals surface area contributed by atoms with E-state index in [4.69, 9.17) is 67.1 Å². The number of hydrogen-bond acceptors (Lipinski definition) is 16. The third-order valence-corrected chi connectivity index (χ3v) is 5.35. The summed E-state index contributed by atoms with van der Waals surface area (Å²) >= 11 is 0. The molecule has 0 atom stereocenters. The highest BCUT2D eigenvalue weighted by molar-refractivity contribution is 5.77. The van der Waals surface area contributed by atoms with Gasteiger partial charge in [0, 0.05) is 6.54 Å². The van der Waals surface area contributed by atoms with Gasteiger partial charge >= 0.3 is 5.97 Å². The van der Waals surface area contributed by atoms with Gasteiger partial charge in [-0.15, -0.1) is 0 Å². The molecule has 0 spiro atoms. The van der Waals surface area contributed by atoms with E-state index in [2.05, 4.69) is 10.1 Å². The van der Waals surface area contributed by atoms with Gasteiger partial charge in [0.2, 0.25) is 5.91 Å². The molecule has 0 aliphatic carbocycles. The maximum absolute atomic E-state index is 11.4. The third-order valence-electron chi connectivity index (χ3n) is 5.35. The third kappa shape index (κ3) is 42.4. The van der Waals surface area contributed by atoms with Gasteiger partial charge in [0.1, 0.15) is 13.2 Å². The second kappa shape index (κ2) is 41.6. The number of aliphatic hydroxyl groups excluding tert-OH is 1. The summed E-state index contributed by atoms with van der Waals surface area (Å²) in [5.41, 5.74) is 0. The molecule has 1 amide bonds. The molecular formula is C30H59NO17. The van der Waals surface area contributed by atoms with Gasteiger partial charge in [-0.2, -0.15) is 0 Å². The zero-order chi connectivity index (χ0) is 34.9. The Morgan fingerprint density at radius 3 is 0.854 bits per heavy atom. The molecule has 18 nitrogen and oxygen atoms in total. The highest BCUT2D eigenvalue weighted by atomic mass is 16.6. The van der Waals surface area contributed by atoms with Gasteiger partial charge in [-0.1, -0.05) is 0 Å². The number of aliphatic hydroxyl groups is 1. The lowest BCUT2D eigenvalue weighted by atomic mass is 10.6. The first-order valence-electron chi connectivity index (χ1n) is 16.3. The molecule has 0 aromatic carbocycles. The van der Waals surface area contributed by atoms with Crippen LogP contribution in [0.3, 0.4) is 0 Å². The van der Waals surface area contributed by atoms with E-state index < -0.39 is 18.5 Å². The SMILES string of the molecule is O=C(O)COCC(=O)NCCOCCOCCOCCOCCOCCOCCOCCOCCOCCOCCOCCOCCO. The molecule has 0 aliphatic heterocycles. The van der Waals surface area contributed by atoms with E-state index in [1.807, 2.05) is 0 Å². The Morgan fingerprint density at radius 2 is 0.604 bits per heavy atom. The molecule has 0 aromatic heterocycles. The van der Waals surface area contributed by atoms with Gasteiger partial charge in [-0.05, 0) is 0 Å². The standard InChI is InChI=1S/C30H59NO17/c32-2-4-37-6-8-39-10-12-41-14-16-43-18-20-45-22-24-47-26-25-46-23-21-44-19-17-42-15-13-40-11-9-38-7-5-36-3-1-31-29(33)27-48-28-30(34)35/h32H,1-28H2,(H,31,33)(H,34,35). The van der Waals surface area contributed by atoms with Gasteiger partial charge in [-0.3, -0.25) is 4.79 Å². The normalized spacial score (nSPS) is 11.4. The largest absolute Gasteiger partial charge is 0.480 e. The Kier molecular flexibility index (Phi) is 40.1. The van der Waals surface area contributed by atoms with Crippen LogP contribution in [0.1, 0.15) is 0 Å². The van der Waals surface area contributed by atoms with Crippen molar-refractivity contribution in [3.8, 4) is 0 Å². The number of aliphatic carboxylic acids is 1. The van der Waals surface area contributed by atoms with E-state index in [0.717, 1.165) is 0 Å². The summed E-state index contributed by atoms with van der Waals surface area (Å²) in [7, 11) is 0. The van der Waals surface area contributed by atoms with Crippen LogP contribution >= 0.6 is 0 Å². The molecule has 0 saturated carbocycles. The summed E-state index contributed by atoms with van der Waals surface area (Å²) in [5, 5.41) is 19.5. The van der Waals surface area contributed by atoms with Crippen LogP contribution in [0, 0.1) is 0 Å². The molecule has 0 rings (SSSR count). The minimum Gasteiger partial charge on any atom is -0.480 e. The molecule has 0 fully saturated rings. The lowest BCUT2D eigenvalue weighted by Crippen LogP contribution is -2.31. The van der Waals surface area contributed by atoms with Crippen LogP contribution < -0.4 is 5.32 Å². The van der Waals surface area contributed by atoms with Crippen LogP contribution in [0.15, 0.2) is 0 Å². The van der Waals surface area contributed by atoms with Crippen LogP contribution in [0.25, 0.3) is 0 Å². The van der Waals surface area contributed by atoms with Gasteiger partial charge < -0.3 is 77.1 Å². The van der Waals surface area contributed by atoms with Crippen molar-refractivity contribution in [2.24, 2.45) is 0 Å². The Labute approximate surface area is 283 Å². The van der Waals surface area contributed by atoms with Crippen LogP contribution in [-0.4, -0.2) is 207 Å². The molecule has 0 aliphatic rings. The molecule has 3 N–H and O–H groups in total. The van der Waals surface area contributed by atoms with E-state index in [0.29, 0.717) is 165 Å². The second-order valence-corrected chi connectivity index (χ2v) is 9.31. The number of nitrogens with one attached hydrogen (secondary N) is 1. The first-order valence-corrected chi connectivity index (χ1v) is 16.3. The zero-order valence-corrected chi connectivity index (χ0v) is 28.3. The highest BCUT2D eigenvalue weighted by Crippen LogP contribution is 1.87. The van der Waals surface area contributed by atoms with Crippen LogP contribution in [0.2, 0.25) is 0 Å². The fourth-order valence-corrected chi connectivity index (χ4v) is 3.13. The lowest BCUT2D eigenvalue weighted by molar-refractivity contribution is -0.143. The number of carbonyl (C=O) groups is 2. The minimum absolute atomic E-state index is 0.0170. The van der Waals surface area contributed by atoms with E-state index >= 15 is 0 Å². The molecule has 0 aromatic rings. The molecule has 0 unspecified atom stereocenters. The first kappa shape index (κ1) is 46.4. The van der Waals surface area contributed by atoms with E-state index in [1.54, 1.807) is 0 Å². The summed E-state index contributed by atoms with van der Waals surface area (Å²) < 4.78 is 69.3. The molecule has 0 radical (unpaired) electrons. The summed E-state index contributed by atoms with van der Waals surface area (Å²) in [4.78, 5) is 21.6. The summed E-state index contributed by atoms with van der Waals surface area (Å²) in [6.45, 7) is 10.4. The average Bonchev–Trinajstić information content (AvgIpc) is 3.07. The first-order chi connectivity index (χ1) is 23.7. The molecule has 0 saturated heterocycles. The van der Waals surface area contributed by atoms with Crippen LogP contribution in [0.5, 0.6) is 0 Å². The predicted octanol–water partition coefficient (Wildman–Crippen LogP) is -1.60. The number of ether oxygens (including phenoxy) is 13. The monoisotopic (exact) mass is 705 g/mol. The summed E-state index contributed by atoms with van der Waals surface area (Å²) in [5.74, 6) is -1.53. The van der Waals surface area contributed by atoms with Gasteiger partial charge in [0.25, 0.3) is 0 Å². The van der Waals surface area contributed by atoms with E-state index in [9.17, 15) is 9.59 Å². The lowest BCUT2D eigenvalue weighted by Gasteiger charge is -2.09. The highest BCUT2D eigenvalue weighted by Gasteiger charge is 2.03. The van der Waals surface area contributed by atoms with Crippen molar-refractivity contribution in [1.29, 1.82) is 0 Å². The molecule has 0 heterocycles. The molecule has 286 valence electrons. The number of carboxylic acid groups (broad SMARTS) is 1. The van der Waals surface area contributed by atoms with E-state index in [-0.39, 0.29) is 13.2 Å². The topological polar surface area (TPSA) is 207 Å². The van der Waals surface area contributed by atoms with Crippen molar-refractivity contribution in [2.75, 3.05) is 185 Å². The van der Waals surface area contributed by atoms with Crippen molar-refractivity contribution in [2.45, 2.75) is 0 Å². The Balaban J connectivity index is 3.08. The van der Waals surface area contributed by atoms with Crippen molar-refractivity contribution >= 4 is 11.9 Å². The average molecular weight is 706 g/mol. The zero-order valence-electron chi connectivity index (χ0n) is 28.3. The quantitative estimate of drug-likeness (QED) is 0.0611. The van der Waals surface area contributed by atoms with E-state index in [1.165, 1.54) is 0 Å². The molecule has 0 bridgehead atoms. The maximum atomic E-state index is 11.4. The Bertz CT molecular complexity index is 665. The Morgan fingerprint density at radius 1 is 0.354 bits per heavy atom. The van der Waals surface area contributed by atoms with Crippen LogP contribution in [0.4, 0.5) is 0 Å². The van der Waals surface area contributed by atoms with Gasteiger partial charge in [-0.25, -0.2) is 4.79 Å².